The van der Waals surface area contributed by atoms with Gasteiger partial charge in [-0.1, -0.05) is 0 Å². The van der Waals surface area contributed by atoms with Crippen LogP contribution < -0.4 is 4.74 Å². The number of carbonyl (C=O) groups excluding carboxylic acids is 1. The Hall–Kier alpha value is -2.17. The molecular weight excluding hydrogens is 292 g/mol. The summed E-state index contributed by atoms with van der Waals surface area (Å²) < 4.78 is 11.4. The van der Waals surface area contributed by atoms with E-state index in [2.05, 4.69) is 24.9 Å². The fraction of sp³-hybridized carbons (Fsp3) is 0.500. The van der Waals surface area contributed by atoms with E-state index in [1.165, 1.54) is 10.9 Å². The molecule has 2 aromatic rings. The highest BCUT2D eigenvalue weighted by molar-refractivity contribution is 5.93. The number of aromatic nitrogens is 1. The number of rotatable bonds is 1. The van der Waals surface area contributed by atoms with Crippen molar-refractivity contribution in [2.75, 3.05) is 13.7 Å². The molecule has 0 saturated carbocycles. The number of cyclic esters (lactones) is 1. The maximum atomic E-state index is 12.5. The van der Waals surface area contributed by atoms with Crippen molar-refractivity contribution in [3.63, 3.8) is 0 Å². The first-order valence-electron chi connectivity index (χ1n) is 8.00. The topological polar surface area (TPSA) is 54.6 Å². The van der Waals surface area contributed by atoms with Gasteiger partial charge in [0.05, 0.1) is 7.11 Å². The van der Waals surface area contributed by atoms with Gasteiger partial charge < -0.3 is 14.5 Å². The number of ether oxygens (including phenoxy) is 2. The molecule has 0 spiro atoms. The van der Waals surface area contributed by atoms with Crippen LogP contribution in [0.5, 0.6) is 5.75 Å². The lowest BCUT2D eigenvalue weighted by molar-refractivity contribution is 0.0230. The molecule has 0 aliphatic carbocycles. The monoisotopic (exact) mass is 314 g/mol. The van der Waals surface area contributed by atoms with Gasteiger partial charge in [-0.05, 0) is 51.8 Å². The highest BCUT2D eigenvalue weighted by atomic mass is 16.6. The van der Waals surface area contributed by atoms with Crippen molar-refractivity contribution in [2.24, 2.45) is 0 Å². The minimum atomic E-state index is -0.640. The van der Waals surface area contributed by atoms with Crippen molar-refractivity contribution in [3.8, 4) is 5.75 Å². The standard InChI is InChI=1S/C18H22N2O3/c1-10-11-8-9-20-16(21)23-17(2,3)18(20,4)15-13(22-5)7-6-12(19-10)14(11)15/h6-7,19H,8-9H2,1-5H3. The van der Waals surface area contributed by atoms with Crippen LogP contribution in [-0.4, -0.2) is 35.2 Å². The molecule has 0 bridgehead atoms. The Morgan fingerprint density at radius 1 is 1.30 bits per heavy atom. The van der Waals surface area contributed by atoms with E-state index >= 15 is 0 Å². The molecule has 2 aliphatic rings. The largest absolute Gasteiger partial charge is 0.496 e. The third kappa shape index (κ3) is 1.55. The second-order valence-electron chi connectivity index (χ2n) is 7.15. The van der Waals surface area contributed by atoms with Gasteiger partial charge in [0.2, 0.25) is 0 Å². The summed E-state index contributed by atoms with van der Waals surface area (Å²) >= 11 is 0. The molecule has 122 valence electrons. The zero-order valence-electron chi connectivity index (χ0n) is 14.2. The molecule has 1 N–H and O–H groups in total. The number of hydrogen-bond donors (Lipinski definition) is 1. The molecule has 2 aliphatic heterocycles. The van der Waals surface area contributed by atoms with Gasteiger partial charge in [-0.15, -0.1) is 0 Å². The Morgan fingerprint density at radius 3 is 2.74 bits per heavy atom. The summed E-state index contributed by atoms with van der Waals surface area (Å²) in [5, 5.41) is 1.18. The minimum Gasteiger partial charge on any atom is -0.496 e. The van der Waals surface area contributed by atoms with Gasteiger partial charge in [0.1, 0.15) is 16.9 Å². The highest BCUT2D eigenvalue weighted by Gasteiger charge is 2.60. The summed E-state index contributed by atoms with van der Waals surface area (Å²) in [5.74, 6) is 0.804. The number of benzene rings is 1. The van der Waals surface area contributed by atoms with Crippen molar-refractivity contribution in [1.29, 1.82) is 0 Å². The molecule has 23 heavy (non-hydrogen) atoms. The Kier molecular flexibility index (Phi) is 2.64. The third-order valence-electron chi connectivity index (χ3n) is 5.81. The average Bonchev–Trinajstić information content (AvgIpc) is 2.81. The number of fused-ring (bicyclic) bond motifs is 2. The highest BCUT2D eigenvalue weighted by Crippen LogP contribution is 2.53. The minimum absolute atomic E-state index is 0.247. The third-order valence-corrected chi connectivity index (χ3v) is 5.81. The first-order chi connectivity index (χ1) is 10.8. The van der Waals surface area contributed by atoms with Gasteiger partial charge in [0, 0.05) is 28.7 Å². The lowest BCUT2D eigenvalue weighted by Crippen LogP contribution is -2.51. The molecule has 1 saturated heterocycles. The lowest BCUT2D eigenvalue weighted by atomic mass is 9.76. The van der Waals surface area contributed by atoms with Crippen LogP contribution in [0.15, 0.2) is 12.1 Å². The number of amides is 1. The number of nitrogens with one attached hydrogen (secondary N) is 1. The Bertz CT molecular complexity index is 836. The summed E-state index contributed by atoms with van der Waals surface area (Å²) in [6.07, 6.45) is 0.565. The van der Waals surface area contributed by atoms with Gasteiger partial charge in [-0.25, -0.2) is 4.79 Å². The predicted octanol–water partition coefficient (Wildman–Crippen LogP) is 3.49. The van der Waals surface area contributed by atoms with Gasteiger partial charge >= 0.3 is 6.09 Å². The molecule has 1 aromatic carbocycles. The van der Waals surface area contributed by atoms with E-state index in [0.717, 1.165) is 28.9 Å². The predicted molar refractivity (Wildman–Crippen MR) is 87.9 cm³/mol. The van der Waals surface area contributed by atoms with Crippen LogP contribution in [-0.2, 0) is 16.7 Å². The van der Waals surface area contributed by atoms with Crippen LogP contribution >= 0.6 is 0 Å². The van der Waals surface area contributed by atoms with Crippen LogP contribution in [0.1, 0.15) is 37.6 Å². The Balaban J connectivity index is 2.17. The fourth-order valence-corrected chi connectivity index (χ4v) is 4.29. The average molecular weight is 314 g/mol. The summed E-state index contributed by atoms with van der Waals surface area (Å²) in [6, 6.07) is 4.03. The summed E-state index contributed by atoms with van der Waals surface area (Å²) in [7, 11) is 1.68. The number of nitrogens with zero attached hydrogens (tertiary/aromatic N) is 1. The zero-order chi connectivity index (χ0) is 16.6. The van der Waals surface area contributed by atoms with Crippen molar-refractivity contribution in [3.05, 3.63) is 29.0 Å². The molecule has 5 nitrogen and oxygen atoms in total. The molecule has 5 heteroatoms. The van der Waals surface area contributed by atoms with E-state index in [1.807, 2.05) is 24.8 Å². The van der Waals surface area contributed by atoms with Crippen molar-refractivity contribution >= 4 is 17.0 Å². The van der Waals surface area contributed by atoms with E-state index in [-0.39, 0.29) is 6.09 Å². The summed E-state index contributed by atoms with van der Waals surface area (Å²) in [5.41, 5.74) is 3.35. The molecule has 3 heterocycles. The summed E-state index contributed by atoms with van der Waals surface area (Å²) in [6.45, 7) is 8.78. The number of aromatic amines is 1. The molecule has 4 rings (SSSR count). The Morgan fingerprint density at radius 2 is 2.04 bits per heavy atom. The van der Waals surface area contributed by atoms with E-state index in [0.29, 0.717) is 6.54 Å². The first-order valence-corrected chi connectivity index (χ1v) is 8.00. The number of methoxy groups -OCH3 is 1. The second-order valence-corrected chi connectivity index (χ2v) is 7.15. The number of hydrogen-bond acceptors (Lipinski definition) is 3. The van der Waals surface area contributed by atoms with E-state index in [1.54, 1.807) is 7.11 Å². The molecular formula is C18H22N2O3. The number of H-pyrrole nitrogens is 1. The van der Waals surface area contributed by atoms with Gasteiger partial charge in [0.25, 0.3) is 0 Å². The summed E-state index contributed by atoms with van der Waals surface area (Å²) in [4.78, 5) is 17.9. The van der Waals surface area contributed by atoms with Crippen LogP contribution in [0.2, 0.25) is 0 Å². The normalized spacial score (nSPS) is 25.3. The SMILES string of the molecule is COc1ccc2[nH]c(C)c3c2c1C1(C)N(CC3)C(=O)OC1(C)C. The quantitative estimate of drug-likeness (QED) is 0.876. The molecule has 0 radical (unpaired) electrons. The van der Waals surface area contributed by atoms with Crippen molar-refractivity contribution in [1.82, 2.24) is 9.88 Å². The number of carbonyl (C=O) groups is 1. The molecule has 1 unspecified atom stereocenters. The number of aryl methyl sites for hydroxylation is 1. The van der Waals surface area contributed by atoms with Gasteiger partial charge in [0.15, 0.2) is 0 Å². The maximum Gasteiger partial charge on any atom is 0.411 e. The van der Waals surface area contributed by atoms with Crippen LogP contribution in [0.25, 0.3) is 10.9 Å². The van der Waals surface area contributed by atoms with Crippen molar-refractivity contribution < 1.29 is 14.3 Å². The molecule has 1 fully saturated rings. The van der Waals surface area contributed by atoms with Crippen molar-refractivity contribution in [2.45, 2.75) is 45.3 Å². The second kappa shape index (κ2) is 4.22. The first kappa shape index (κ1) is 14.4. The molecule has 1 atom stereocenters. The van der Waals surface area contributed by atoms with Gasteiger partial charge in [-0.3, -0.25) is 4.90 Å². The fourth-order valence-electron chi connectivity index (χ4n) is 4.29. The van der Waals surface area contributed by atoms with Crippen LogP contribution in [0.4, 0.5) is 4.79 Å². The maximum absolute atomic E-state index is 12.5. The zero-order valence-corrected chi connectivity index (χ0v) is 14.2. The van der Waals surface area contributed by atoms with E-state index < -0.39 is 11.1 Å². The van der Waals surface area contributed by atoms with Crippen LogP contribution in [0.3, 0.4) is 0 Å². The van der Waals surface area contributed by atoms with E-state index in [9.17, 15) is 4.79 Å². The van der Waals surface area contributed by atoms with Gasteiger partial charge in [-0.2, -0.15) is 0 Å². The lowest BCUT2D eigenvalue weighted by Gasteiger charge is -2.40. The molecule has 1 aromatic heterocycles. The molecule has 1 amide bonds. The van der Waals surface area contributed by atoms with E-state index in [4.69, 9.17) is 9.47 Å². The smallest absolute Gasteiger partial charge is 0.411 e. The van der Waals surface area contributed by atoms with Crippen LogP contribution in [0, 0.1) is 6.92 Å². The Labute approximate surface area is 135 Å².